The molecule has 9 nitrogen and oxygen atoms in total. The molecule has 2 aromatic carbocycles. The van der Waals surface area contributed by atoms with Crippen molar-refractivity contribution in [1.29, 1.82) is 0 Å². The zero-order valence-electron chi connectivity index (χ0n) is 17.4. The van der Waals surface area contributed by atoms with E-state index in [1.807, 2.05) is 6.92 Å². The van der Waals surface area contributed by atoms with Gasteiger partial charge in [-0.05, 0) is 49.4 Å². The molecule has 0 spiro atoms. The molecule has 0 bridgehead atoms. The Hall–Kier alpha value is -3.56. The molecule has 0 unspecified atom stereocenters. The third kappa shape index (κ3) is 5.10. The fraction of sp³-hybridized carbons (Fsp3) is 0.182. The maximum Gasteiger partial charge on any atom is 0.258 e. The van der Waals surface area contributed by atoms with Crippen LogP contribution in [0.2, 0.25) is 10.0 Å². The van der Waals surface area contributed by atoms with Gasteiger partial charge in [0.05, 0.1) is 28.8 Å². The lowest BCUT2D eigenvalue weighted by atomic mass is 9.92. The number of amides is 2. The first-order valence-corrected chi connectivity index (χ1v) is 10.8. The van der Waals surface area contributed by atoms with Crippen molar-refractivity contribution < 1.29 is 14.3 Å². The highest BCUT2D eigenvalue weighted by atomic mass is 35.5. The van der Waals surface area contributed by atoms with Crippen LogP contribution in [0.4, 0.5) is 23.1 Å². The van der Waals surface area contributed by atoms with Gasteiger partial charge >= 0.3 is 0 Å². The molecule has 0 aliphatic carbocycles. The van der Waals surface area contributed by atoms with E-state index < -0.39 is 23.3 Å². The molecule has 0 saturated heterocycles. The molecule has 1 aliphatic heterocycles. The average Bonchev–Trinajstić information content (AvgIpc) is 2.76. The van der Waals surface area contributed by atoms with E-state index in [9.17, 15) is 14.4 Å². The first-order chi connectivity index (χ1) is 15.8. The summed E-state index contributed by atoms with van der Waals surface area (Å²) in [6, 6.07) is 11.6. The van der Waals surface area contributed by atoms with E-state index in [0.29, 0.717) is 33.8 Å². The van der Waals surface area contributed by atoms with Crippen molar-refractivity contribution in [3.63, 3.8) is 0 Å². The number of halogens is 2. The summed E-state index contributed by atoms with van der Waals surface area (Å²) >= 11 is 12.1. The number of hydrogen-bond acceptors (Lipinski definition) is 6. The normalized spacial score (nSPS) is 14.8. The van der Waals surface area contributed by atoms with Gasteiger partial charge in [0.25, 0.3) is 5.56 Å². The molecule has 2 heterocycles. The maximum atomic E-state index is 12.9. The molecule has 0 radical (unpaired) electrons. The summed E-state index contributed by atoms with van der Waals surface area (Å²) in [5, 5.41) is 8.95. The Bertz CT molecular complexity index is 1280. The van der Waals surface area contributed by atoms with E-state index in [4.69, 9.17) is 27.9 Å². The van der Waals surface area contributed by atoms with Crippen LogP contribution in [-0.4, -0.2) is 28.4 Å². The monoisotopic (exact) mass is 487 g/mol. The van der Waals surface area contributed by atoms with E-state index in [1.165, 1.54) is 6.07 Å². The van der Waals surface area contributed by atoms with Gasteiger partial charge in [-0.3, -0.25) is 19.4 Å². The van der Waals surface area contributed by atoms with Gasteiger partial charge in [-0.1, -0.05) is 23.2 Å². The third-order valence-corrected chi connectivity index (χ3v) is 5.43. The lowest BCUT2D eigenvalue weighted by Crippen LogP contribution is -2.36. The molecule has 4 rings (SSSR count). The molecule has 4 N–H and O–H groups in total. The molecule has 0 fully saturated rings. The van der Waals surface area contributed by atoms with Gasteiger partial charge in [-0.25, -0.2) is 0 Å². The Kier molecular flexibility index (Phi) is 6.52. The minimum absolute atomic E-state index is 0.00873. The number of rotatable bonds is 6. The van der Waals surface area contributed by atoms with E-state index in [2.05, 4.69) is 25.9 Å². The SMILES string of the molecule is CCOc1ccc(NC(=O)[C@@H]2CC(=O)Nc3nc(Nc4ccc(Cl)cc4Cl)[nH]c(=O)c32)cc1. The Balaban J connectivity index is 1.59. The summed E-state index contributed by atoms with van der Waals surface area (Å²) < 4.78 is 5.39. The van der Waals surface area contributed by atoms with Crippen LogP contribution in [0, 0.1) is 0 Å². The summed E-state index contributed by atoms with van der Waals surface area (Å²) in [6.45, 7) is 2.40. The van der Waals surface area contributed by atoms with Gasteiger partial charge in [0, 0.05) is 17.1 Å². The average molecular weight is 488 g/mol. The highest BCUT2D eigenvalue weighted by Crippen LogP contribution is 2.31. The predicted octanol–water partition coefficient (Wildman–Crippen LogP) is 4.28. The van der Waals surface area contributed by atoms with Crippen LogP contribution < -0.4 is 26.2 Å². The first kappa shape index (κ1) is 22.6. The van der Waals surface area contributed by atoms with E-state index in [0.717, 1.165) is 0 Å². The second-order valence-corrected chi connectivity index (χ2v) is 8.02. The second-order valence-electron chi connectivity index (χ2n) is 7.18. The number of aromatic amines is 1. The van der Waals surface area contributed by atoms with Crippen LogP contribution in [0.3, 0.4) is 0 Å². The zero-order valence-corrected chi connectivity index (χ0v) is 18.9. The quantitative estimate of drug-likeness (QED) is 0.411. The van der Waals surface area contributed by atoms with Crippen LogP contribution in [0.1, 0.15) is 24.8 Å². The minimum Gasteiger partial charge on any atom is -0.494 e. The van der Waals surface area contributed by atoms with Crippen molar-refractivity contribution in [2.45, 2.75) is 19.3 Å². The number of nitrogens with one attached hydrogen (secondary N) is 4. The summed E-state index contributed by atoms with van der Waals surface area (Å²) in [7, 11) is 0. The Labute approximate surface area is 198 Å². The fourth-order valence-electron chi connectivity index (χ4n) is 3.40. The number of ether oxygens (including phenoxy) is 1. The number of nitrogens with zero attached hydrogens (tertiary/aromatic N) is 1. The smallest absolute Gasteiger partial charge is 0.258 e. The predicted molar refractivity (Wildman–Crippen MR) is 127 cm³/mol. The van der Waals surface area contributed by atoms with E-state index >= 15 is 0 Å². The first-order valence-electron chi connectivity index (χ1n) is 10.0. The van der Waals surface area contributed by atoms with Crippen LogP contribution in [-0.2, 0) is 9.59 Å². The Morgan fingerprint density at radius 1 is 1.18 bits per heavy atom. The van der Waals surface area contributed by atoms with Gasteiger partial charge < -0.3 is 20.7 Å². The highest BCUT2D eigenvalue weighted by molar-refractivity contribution is 6.36. The minimum atomic E-state index is -1.01. The van der Waals surface area contributed by atoms with Crippen LogP contribution >= 0.6 is 23.2 Å². The van der Waals surface area contributed by atoms with Gasteiger partial charge in [0.1, 0.15) is 11.6 Å². The number of H-pyrrole nitrogens is 1. The van der Waals surface area contributed by atoms with Crippen molar-refractivity contribution in [2.75, 3.05) is 22.6 Å². The topological polar surface area (TPSA) is 125 Å². The van der Waals surface area contributed by atoms with E-state index in [-0.39, 0.29) is 23.8 Å². The summed E-state index contributed by atoms with van der Waals surface area (Å²) in [6.07, 6.45) is -0.184. The third-order valence-electron chi connectivity index (χ3n) is 4.88. The molecule has 33 heavy (non-hydrogen) atoms. The Morgan fingerprint density at radius 3 is 2.64 bits per heavy atom. The fourth-order valence-corrected chi connectivity index (χ4v) is 3.86. The van der Waals surface area contributed by atoms with E-state index in [1.54, 1.807) is 36.4 Å². The van der Waals surface area contributed by atoms with Crippen LogP contribution in [0.25, 0.3) is 0 Å². The molecule has 2 amide bonds. The number of hydrogen-bond donors (Lipinski definition) is 4. The Morgan fingerprint density at radius 2 is 1.94 bits per heavy atom. The van der Waals surface area contributed by atoms with Crippen molar-refractivity contribution >= 4 is 58.2 Å². The molecule has 1 atom stereocenters. The zero-order chi connectivity index (χ0) is 23.5. The van der Waals surface area contributed by atoms with Crippen LogP contribution in [0.5, 0.6) is 5.75 Å². The molecule has 170 valence electrons. The van der Waals surface area contributed by atoms with Crippen molar-refractivity contribution in [3.8, 4) is 5.75 Å². The summed E-state index contributed by atoms with van der Waals surface area (Å²) in [5.74, 6) is -1.21. The lowest BCUT2D eigenvalue weighted by Gasteiger charge is -2.23. The highest BCUT2D eigenvalue weighted by Gasteiger charge is 2.34. The number of aromatic nitrogens is 2. The number of benzene rings is 2. The van der Waals surface area contributed by atoms with Crippen molar-refractivity contribution in [1.82, 2.24) is 9.97 Å². The van der Waals surface area contributed by atoms with Crippen molar-refractivity contribution in [2.24, 2.45) is 0 Å². The number of anilines is 4. The number of fused-ring (bicyclic) bond motifs is 1. The largest absolute Gasteiger partial charge is 0.494 e. The van der Waals surface area contributed by atoms with Gasteiger partial charge in [-0.15, -0.1) is 0 Å². The number of carbonyl (C=O) groups is 2. The molecular weight excluding hydrogens is 469 g/mol. The second kappa shape index (κ2) is 9.51. The maximum absolute atomic E-state index is 12.9. The molecule has 1 aliphatic rings. The molecule has 1 aromatic heterocycles. The van der Waals surface area contributed by atoms with Gasteiger partial charge in [0.2, 0.25) is 17.8 Å². The molecule has 11 heteroatoms. The lowest BCUT2D eigenvalue weighted by molar-refractivity contribution is -0.123. The summed E-state index contributed by atoms with van der Waals surface area (Å²) in [5.41, 5.74) is 0.484. The van der Waals surface area contributed by atoms with Gasteiger partial charge in [0.15, 0.2) is 0 Å². The molecule has 0 saturated carbocycles. The standard InChI is InChI=1S/C22H19Cl2N5O4/c1-2-33-13-6-4-12(5-7-13)25-20(31)14-10-17(30)27-19-18(14)21(32)29-22(28-19)26-16-8-3-11(23)9-15(16)24/h3-9,14H,2,10H2,1H3,(H,25,31)(H3,26,27,28,29,30,32)/t14-/m1/s1. The summed E-state index contributed by atoms with van der Waals surface area (Å²) in [4.78, 5) is 44.9. The number of carbonyl (C=O) groups excluding carboxylic acids is 2. The van der Waals surface area contributed by atoms with Crippen LogP contribution in [0.15, 0.2) is 47.3 Å². The molecule has 3 aromatic rings. The van der Waals surface area contributed by atoms with Crippen molar-refractivity contribution in [3.05, 3.63) is 68.4 Å². The molecular formula is C22H19Cl2N5O4. The van der Waals surface area contributed by atoms with Gasteiger partial charge in [-0.2, -0.15) is 4.98 Å².